The van der Waals surface area contributed by atoms with Crippen molar-refractivity contribution < 1.29 is 9.47 Å². The van der Waals surface area contributed by atoms with Crippen LogP contribution in [0.4, 0.5) is 0 Å². The number of aromatic amines is 1. The van der Waals surface area contributed by atoms with Crippen LogP contribution in [0.15, 0.2) is 29.1 Å². The Kier molecular flexibility index (Phi) is 5.81. The van der Waals surface area contributed by atoms with E-state index in [-0.39, 0.29) is 11.6 Å². The number of H-pyrrole nitrogens is 1. The molecule has 4 rings (SSSR count). The Morgan fingerprint density at radius 1 is 1.20 bits per heavy atom. The predicted octanol–water partition coefficient (Wildman–Crippen LogP) is 3.77. The van der Waals surface area contributed by atoms with Gasteiger partial charge in [-0.05, 0) is 57.9 Å². The predicted molar refractivity (Wildman–Crippen MR) is 116 cm³/mol. The molecule has 1 atom stereocenters. The van der Waals surface area contributed by atoms with Gasteiger partial charge in [0.1, 0.15) is 0 Å². The first-order valence-electron chi connectivity index (χ1n) is 10.6. The number of likely N-dealkylation sites (tertiary alicyclic amines) is 1. The van der Waals surface area contributed by atoms with E-state index in [9.17, 15) is 4.79 Å². The third-order valence-corrected chi connectivity index (χ3v) is 5.99. The smallest absolute Gasteiger partial charge is 0.275 e. The molecule has 1 aliphatic rings. The Morgan fingerprint density at radius 2 is 2.03 bits per heavy atom. The van der Waals surface area contributed by atoms with Crippen molar-refractivity contribution in [2.45, 2.75) is 52.6 Å². The number of aromatic nitrogens is 3. The van der Waals surface area contributed by atoms with Crippen molar-refractivity contribution >= 4 is 5.65 Å². The van der Waals surface area contributed by atoms with Crippen LogP contribution < -0.4 is 15.0 Å². The fourth-order valence-corrected chi connectivity index (χ4v) is 4.26. The number of hydrogen-bond donors (Lipinski definition) is 1. The Hall–Kier alpha value is -2.80. The molecule has 7 nitrogen and oxygen atoms in total. The van der Waals surface area contributed by atoms with E-state index in [1.165, 1.54) is 18.4 Å². The summed E-state index contributed by atoms with van der Waals surface area (Å²) in [5, 5.41) is 3.32. The van der Waals surface area contributed by atoms with Crippen LogP contribution >= 0.6 is 0 Å². The molecule has 7 heteroatoms. The van der Waals surface area contributed by atoms with Crippen molar-refractivity contribution in [2.75, 3.05) is 20.3 Å². The van der Waals surface area contributed by atoms with Crippen molar-refractivity contribution in [3.8, 4) is 11.5 Å². The number of rotatable bonds is 6. The molecular formula is C23H30N4O3. The molecule has 1 fully saturated rings. The zero-order valence-corrected chi connectivity index (χ0v) is 18.2. The molecule has 1 aliphatic heterocycles. The van der Waals surface area contributed by atoms with Crippen LogP contribution in [0, 0.1) is 13.8 Å². The number of methoxy groups -OCH3 is 1. The minimum atomic E-state index is -0.0254. The maximum Gasteiger partial charge on any atom is 0.275 e. The van der Waals surface area contributed by atoms with Crippen molar-refractivity contribution in [1.82, 2.24) is 19.5 Å². The van der Waals surface area contributed by atoms with Gasteiger partial charge in [-0.2, -0.15) is 0 Å². The summed E-state index contributed by atoms with van der Waals surface area (Å²) in [6.07, 6.45) is 3.39. The quantitative estimate of drug-likeness (QED) is 0.670. The number of piperidine rings is 1. The zero-order chi connectivity index (χ0) is 21.3. The number of ether oxygens (including phenoxy) is 2. The number of nitrogens with one attached hydrogen (secondary N) is 1. The van der Waals surface area contributed by atoms with Crippen LogP contribution in [-0.4, -0.2) is 39.8 Å². The molecule has 1 N–H and O–H groups in total. The van der Waals surface area contributed by atoms with Gasteiger partial charge in [-0.1, -0.05) is 12.5 Å². The summed E-state index contributed by atoms with van der Waals surface area (Å²) >= 11 is 0. The number of nitrogens with zero attached hydrogens (tertiary/aromatic N) is 3. The standard InChI is InChI=1S/C23H30N4O3/c1-5-30-21-12-17(9-10-20(21)29-4)14-26-11-7-6-8-19(26)18-13-22-24-16(3)15(2)23(28)27(22)25-18/h9-10,12-13,19,25H,5-8,11,14H2,1-4H3. The van der Waals surface area contributed by atoms with Crippen molar-refractivity contribution in [3.63, 3.8) is 0 Å². The molecular weight excluding hydrogens is 380 g/mol. The highest BCUT2D eigenvalue weighted by atomic mass is 16.5. The Labute approximate surface area is 176 Å². The molecule has 3 heterocycles. The molecule has 3 aromatic rings. The van der Waals surface area contributed by atoms with Crippen LogP contribution in [0.5, 0.6) is 11.5 Å². The van der Waals surface area contributed by atoms with E-state index in [0.717, 1.165) is 42.4 Å². The number of hydrogen-bond acceptors (Lipinski definition) is 5. The van der Waals surface area contributed by atoms with Gasteiger partial charge in [0.05, 0.1) is 25.5 Å². The average molecular weight is 411 g/mol. The van der Waals surface area contributed by atoms with E-state index in [4.69, 9.17) is 9.47 Å². The molecule has 1 unspecified atom stereocenters. The lowest BCUT2D eigenvalue weighted by molar-refractivity contribution is 0.137. The molecule has 160 valence electrons. The van der Waals surface area contributed by atoms with Crippen molar-refractivity contribution in [2.24, 2.45) is 0 Å². The normalized spacial score (nSPS) is 17.4. The van der Waals surface area contributed by atoms with Crippen molar-refractivity contribution in [1.29, 1.82) is 0 Å². The first-order chi connectivity index (χ1) is 14.5. The summed E-state index contributed by atoms with van der Waals surface area (Å²) in [7, 11) is 1.66. The van der Waals surface area contributed by atoms with Gasteiger partial charge in [-0.25, -0.2) is 9.50 Å². The topological polar surface area (TPSA) is 71.9 Å². The Balaban J connectivity index is 1.64. The van der Waals surface area contributed by atoms with E-state index in [2.05, 4.69) is 27.1 Å². The minimum absolute atomic E-state index is 0.0254. The molecule has 0 spiro atoms. The second kappa shape index (κ2) is 8.52. The molecule has 0 saturated carbocycles. The second-order valence-electron chi connectivity index (χ2n) is 7.93. The van der Waals surface area contributed by atoms with Crippen LogP contribution in [0.1, 0.15) is 54.7 Å². The van der Waals surface area contributed by atoms with Gasteiger partial charge in [0, 0.05) is 23.9 Å². The molecule has 1 aromatic carbocycles. The fourth-order valence-electron chi connectivity index (χ4n) is 4.26. The summed E-state index contributed by atoms with van der Waals surface area (Å²) in [5.74, 6) is 1.53. The molecule has 0 bridgehead atoms. The molecule has 0 aliphatic carbocycles. The number of fused-ring (bicyclic) bond motifs is 1. The van der Waals surface area contributed by atoms with Crippen molar-refractivity contribution in [3.05, 3.63) is 57.1 Å². The van der Waals surface area contributed by atoms with E-state index < -0.39 is 0 Å². The third kappa shape index (κ3) is 3.81. The molecule has 2 aromatic heterocycles. The van der Waals surface area contributed by atoms with Gasteiger partial charge in [0.15, 0.2) is 17.1 Å². The first-order valence-corrected chi connectivity index (χ1v) is 10.6. The van der Waals surface area contributed by atoms with Gasteiger partial charge in [-0.15, -0.1) is 0 Å². The lowest BCUT2D eigenvalue weighted by Crippen LogP contribution is -2.33. The zero-order valence-electron chi connectivity index (χ0n) is 18.2. The third-order valence-electron chi connectivity index (χ3n) is 5.99. The van der Waals surface area contributed by atoms with Gasteiger partial charge in [-0.3, -0.25) is 14.8 Å². The summed E-state index contributed by atoms with van der Waals surface area (Å²) in [6, 6.07) is 8.38. The average Bonchev–Trinajstić information content (AvgIpc) is 3.17. The molecule has 0 radical (unpaired) electrons. The maximum atomic E-state index is 12.6. The maximum absolute atomic E-state index is 12.6. The van der Waals surface area contributed by atoms with Crippen LogP contribution in [0.25, 0.3) is 5.65 Å². The summed E-state index contributed by atoms with van der Waals surface area (Å²) < 4.78 is 12.7. The monoisotopic (exact) mass is 410 g/mol. The SMILES string of the molecule is CCOc1cc(CN2CCCCC2c2cc3nc(C)c(C)c(=O)n3[nH]2)ccc1OC. The summed E-state index contributed by atoms with van der Waals surface area (Å²) in [4.78, 5) is 19.7. The van der Waals surface area contributed by atoms with E-state index in [1.807, 2.05) is 32.9 Å². The largest absolute Gasteiger partial charge is 0.493 e. The van der Waals surface area contributed by atoms with E-state index in [1.54, 1.807) is 11.6 Å². The first kappa shape index (κ1) is 20.5. The highest BCUT2D eigenvalue weighted by Crippen LogP contribution is 2.34. The fraction of sp³-hybridized carbons (Fsp3) is 0.478. The Morgan fingerprint density at radius 3 is 2.80 bits per heavy atom. The second-order valence-corrected chi connectivity index (χ2v) is 7.93. The molecule has 1 saturated heterocycles. The van der Waals surface area contributed by atoms with Gasteiger partial charge >= 0.3 is 0 Å². The lowest BCUT2D eigenvalue weighted by atomic mass is 9.98. The number of benzene rings is 1. The van der Waals surface area contributed by atoms with Gasteiger partial charge in [0.25, 0.3) is 5.56 Å². The molecule has 30 heavy (non-hydrogen) atoms. The van der Waals surface area contributed by atoms with E-state index >= 15 is 0 Å². The number of aryl methyl sites for hydroxylation is 1. The summed E-state index contributed by atoms with van der Waals surface area (Å²) in [5.41, 5.74) is 4.36. The van der Waals surface area contributed by atoms with Gasteiger partial charge < -0.3 is 9.47 Å². The summed E-state index contributed by atoms with van der Waals surface area (Å²) in [6.45, 7) is 8.10. The van der Waals surface area contributed by atoms with Crippen LogP contribution in [0.3, 0.4) is 0 Å². The Bertz CT molecular complexity index is 1100. The van der Waals surface area contributed by atoms with Crippen LogP contribution in [-0.2, 0) is 6.54 Å². The van der Waals surface area contributed by atoms with Gasteiger partial charge in [0.2, 0.25) is 0 Å². The highest BCUT2D eigenvalue weighted by molar-refractivity contribution is 5.44. The molecule has 0 amide bonds. The lowest BCUT2D eigenvalue weighted by Gasteiger charge is -2.35. The van der Waals surface area contributed by atoms with Crippen LogP contribution in [0.2, 0.25) is 0 Å². The minimum Gasteiger partial charge on any atom is -0.493 e. The highest BCUT2D eigenvalue weighted by Gasteiger charge is 2.26. The van der Waals surface area contributed by atoms with E-state index in [0.29, 0.717) is 17.8 Å².